The zero-order valence-corrected chi connectivity index (χ0v) is 20.2. The molecule has 0 atom stereocenters. The molecule has 0 spiro atoms. The lowest BCUT2D eigenvalue weighted by atomic mass is 10.2. The van der Waals surface area contributed by atoms with Gasteiger partial charge in [0, 0.05) is 54.2 Å². The topological polar surface area (TPSA) is 91.4 Å². The third-order valence-electron chi connectivity index (χ3n) is 5.26. The molecule has 1 amide bonds. The van der Waals surface area contributed by atoms with E-state index in [1.165, 1.54) is 0 Å². The van der Waals surface area contributed by atoms with Crippen LogP contribution in [0.4, 0.5) is 34.5 Å². The molecule has 1 heterocycles. The summed E-state index contributed by atoms with van der Waals surface area (Å²) in [4.78, 5) is 23.6. The van der Waals surface area contributed by atoms with Crippen LogP contribution in [0.2, 0.25) is 0 Å². The molecule has 3 N–H and O–H groups in total. The predicted octanol–water partition coefficient (Wildman–Crippen LogP) is 5.60. The number of anilines is 6. The molecule has 0 aliphatic carbocycles. The van der Waals surface area contributed by atoms with Crippen LogP contribution in [-0.2, 0) is 0 Å². The van der Waals surface area contributed by atoms with E-state index in [1.54, 1.807) is 7.11 Å². The molecule has 8 heteroatoms. The molecule has 0 saturated heterocycles. The summed E-state index contributed by atoms with van der Waals surface area (Å²) in [5.74, 6) is 1.78. The Morgan fingerprint density at radius 1 is 0.800 bits per heavy atom. The highest BCUT2D eigenvalue weighted by molar-refractivity contribution is 6.04. The second kappa shape index (κ2) is 10.6. The first kappa shape index (κ1) is 23.6. The maximum Gasteiger partial charge on any atom is 0.255 e. The van der Waals surface area contributed by atoms with Crippen molar-refractivity contribution in [1.29, 1.82) is 0 Å². The number of hydrogen-bond acceptors (Lipinski definition) is 7. The van der Waals surface area contributed by atoms with Gasteiger partial charge in [-0.15, -0.1) is 0 Å². The number of aromatic nitrogens is 2. The van der Waals surface area contributed by atoms with Crippen LogP contribution in [-0.4, -0.2) is 37.1 Å². The van der Waals surface area contributed by atoms with Crippen molar-refractivity contribution < 1.29 is 9.53 Å². The maximum atomic E-state index is 12.6. The van der Waals surface area contributed by atoms with Gasteiger partial charge in [0.25, 0.3) is 5.91 Å². The molecule has 178 valence electrons. The highest BCUT2D eigenvalue weighted by Gasteiger charge is 2.08. The van der Waals surface area contributed by atoms with Crippen LogP contribution in [0, 0.1) is 6.92 Å². The zero-order chi connectivity index (χ0) is 24.8. The second-order valence-corrected chi connectivity index (χ2v) is 8.17. The fourth-order valence-corrected chi connectivity index (χ4v) is 3.39. The number of nitrogens with zero attached hydrogens (tertiary/aromatic N) is 3. The van der Waals surface area contributed by atoms with Gasteiger partial charge in [-0.2, -0.15) is 4.98 Å². The zero-order valence-electron chi connectivity index (χ0n) is 20.2. The summed E-state index contributed by atoms with van der Waals surface area (Å²) in [7, 11) is 5.56. The van der Waals surface area contributed by atoms with E-state index >= 15 is 0 Å². The van der Waals surface area contributed by atoms with Crippen LogP contribution >= 0.6 is 0 Å². The number of carbonyl (C=O) groups is 1. The first-order valence-electron chi connectivity index (χ1n) is 11.1. The first-order valence-corrected chi connectivity index (χ1v) is 11.1. The van der Waals surface area contributed by atoms with Gasteiger partial charge in [0.05, 0.1) is 7.11 Å². The van der Waals surface area contributed by atoms with Crippen molar-refractivity contribution >= 4 is 40.4 Å². The van der Waals surface area contributed by atoms with Crippen LogP contribution in [0.1, 0.15) is 16.1 Å². The Balaban J connectivity index is 1.40. The van der Waals surface area contributed by atoms with Crippen LogP contribution in [0.3, 0.4) is 0 Å². The van der Waals surface area contributed by atoms with E-state index in [0.717, 1.165) is 28.5 Å². The average molecular weight is 469 g/mol. The number of rotatable bonds is 8. The Morgan fingerprint density at radius 2 is 1.40 bits per heavy atom. The lowest BCUT2D eigenvalue weighted by molar-refractivity contribution is 0.102. The molecule has 0 unspecified atom stereocenters. The molecule has 4 rings (SSSR count). The van der Waals surface area contributed by atoms with Gasteiger partial charge in [-0.05, 0) is 79.7 Å². The van der Waals surface area contributed by atoms with Crippen molar-refractivity contribution in [3.8, 4) is 5.75 Å². The standard InChI is InChI=1S/C27H28N6O2/c1-18-17-25(29-20-11-15-24(35-4)16-12-20)32-27(28-18)31-22-9-7-21(8-10-22)30-26(34)19-5-13-23(14-6-19)33(2)3/h5-17H,1-4H3,(H,30,34)(H2,28,29,31,32). The Morgan fingerprint density at radius 3 is 2.03 bits per heavy atom. The minimum absolute atomic E-state index is 0.160. The Labute approximate surface area is 205 Å². The van der Waals surface area contributed by atoms with E-state index in [0.29, 0.717) is 23.0 Å². The fraction of sp³-hybridized carbons (Fsp3) is 0.148. The highest BCUT2D eigenvalue weighted by Crippen LogP contribution is 2.22. The van der Waals surface area contributed by atoms with Crippen molar-refractivity contribution in [2.45, 2.75) is 6.92 Å². The second-order valence-electron chi connectivity index (χ2n) is 8.17. The molecule has 0 aliphatic rings. The molecular formula is C27H28N6O2. The lowest BCUT2D eigenvalue weighted by Crippen LogP contribution is -2.13. The Hall–Kier alpha value is -4.59. The van der Waals surface area contributed by atoms with Gasteiger partial charge in [-0.1, -0.05) is 0 Å². The van der Waals surface area contributed by atoms with Crippen molar-refractivity contribution in [2.24, 2.45) is 0 Å². The monoisotopic (exact) mass is 468 g/mol. The number of carbonyl (C=O) groups excluding carboxylic acids is 1. The van der Waals surface area contributed by atoms with Gasteiger partial charge in [-0.25, -0.2) is 4.98 Å². The number of hydrogen-bond donors (Lipinski definition) is 3. The van der Waals surface area contributed by atoms with Gasteiger partial charge in [0.2, 0.25) is 5.95 Å². The van der Waals surface area contributed by atoms with Gasteiger partial charge in [-0.3, -0.25) is 4.79 Å². The van der Waals surface area contributed by atoms with Gasteiger partial charge in [0.1, 0.15) is 11.6 Å². The summed E-state index contributed by atoms with van der Waals surface area (Å²) < 4.78 is 5.20. The van der Waals surface area contributed by atoms with Gasteiger partial charge < -0.3 is 25.6 Å². The normalized spacial score (nSPS) is 10.4. The number of methoxy groups -OCH3 is 1. The maximum absolute atomic E-state index is 12.6. The number of benzene rings is 3. The fourth-order valence-electron chi connectivity index (χ4n) is 3.39. The van der Waals surface area contributed by atoms with E-state index in [4.69, 9.17) is 4.74 Å². The molecule has 1 aromatic heterocycles. The number of nitrogens with one attached hydrogen (secondary N) is 3. The summed E-state index contributed by atoms with van der Waals surface area (Å²) in [5, 5.41) is 9.42. The quantitative estimate of drug-likeness (QED) is 0.310. The van der Waals surface area contributed by atoms with E-state index in [2.05, 4.69) is 25.9 Å². The smallest absolute Gasteiger partial charge is 0.255 e. The van der Waals surface area contributed by atoms with Crippen LogP contribution in [0.25, 0.3) is 0 Å². The van der Waals surface area contributed by atoms with Crippen molar-refractivity contribution in [1.82, 2.24) is 9.97 Å². The SMILES string of the molecule is COc1ccc(Nc2cc(C)nc(Nc3ccc(NC(=O)c4ccc(N(C)C)cc4)cc3)n2)cc1. The van der Waals surface area contributed by atoms with E-state index in [-0.39, 0.29) is 5.91 Å². The molecule has 35 heavy (non-hydrogen) atoms. The molecule has 4 aromatic rings. The Kier molecular flexibility index (Phi) is 7.11. The highest BCUT2D eigenvalue weighted by atomic mass is 16.5. The minimum atomic E-state index is -0.160. The van der Waals surface area contributed by atoms with Crippen LogP contribution in [0.15, 0.2) is 78.9 Å². The third-order valence-corrected chi connectivity index (χ3v) is 5.26. The average Bonchev–Trinajstić information content (AvgIpc) is 2.85. The minimum Gasteiger partial charge on any atom is -0.497 e. The molecule has 8 nitrogen and oxygen atoms in total. The summed E-state index contributed by atoms with van der Waals surface area (Å²) in [6, 6.07) is 24.4. The largest absolute Gasteiger partial charge is 0.497 e. The molecule has 0 fully saturated rings. The van der Waals surface area contributed by atoms with Crippen LogP contribution < -0.4 is 25.6 Å². The van der Waals surface area contributed by atoms with Gasteiger partial charge >= 0.3 is 0 Å². The summed E-state index contributed by atoms with van der Waals surface area (Å²) >= 11 is 0. The molecular weight excluding hydrogens is 440 g/mol. The van der Waals surface area contributed by atoms with Crippen molar-refractivity contribution in [2.75, 3.05) is 42.1 Å². The summed E-state index contributed by atoms with van der Waals surface area (Å²) in [6.07, 6.45) is 0. The van der Waals surface area contributed by atoms with Gasteiger partial charge in [0.15, 0.2) is 0 Å². The van der Waals surface area contributed by atoms with E-state index < -0.39 is 0 Å². The van der Waals surface area contributed by atoms with Crippen molar-refractivity contribution in [3.05, 3.63) is 90.1 Å². The summed E-state index contributed by atoms with van der Waals surface area (Å²) in [5.41, 5.74) is 4.86. The third kappa shape index (κ3) is 6.26. The predicted molar refractivity (Wildman–Crippen MR) is 141 cm³/mol. The van der Waals surface area contributed by atoms with Crippen molar-refractivity contribution in [3.63, 3.8) is 0 Å². The van der Waals surface area contributed by atoms with E-state index in [1.807, 2.05) is 105 Å². The number of amides is 1. The molecule has 0 bridgehead atoms. The summed E-state index contributed by atoms with van der Waals surface area (Å²) in [6.45, 7) is 1.91. The van der Waals surface area contributed by atoms with E-state index in [9.17, 15) is 4.79 Å². The number of aryl methyl sites for hydroxylation is 1. The number of ether oxygens (including phenoxy) is 1. The Bertz CT molecular complexity index is 1290. The molecule has 3 aromatic carbocycles. The molecule has 0 radical (unpaired) electrons. The molecule has 0 saturated carbocycles. The molecule has 0 aliphatic heterocycles. The van der Waals surface area contributed by atoms with Crippen LogP contribution in [0.5, 0.6) is 5.75 Å². The first-order chi connectivity index (χ1) is 16.9. The lowest BCUT2D eigenvalue weighted by Gasteiger charge is -2.13.